The molecule has 0 saturated carbocycles. The second kappa shape index (κ2) is 4.45. The normalized spacial score (nSPS) is 11.7. The number of rotatable bonds is 3. The lowest BCUT2D eigenvalue weighted by molar-refractivity contribution is 0.556. The van der Waals surface area contributed by atoms with E-state index in [-0.39, 0.29) is 12.0 Å². The summed E-state index contributed by atoms with van der Waals surface area (Å²) < 4.78 is 47.6. The molecule has 15 heavy (non-hydrogen) atoms. The van der Waals surface area contributed by atoms with E-state index in [0.29, 0.717) is 5.56 Å². The minimum atomic E-state index is -3.73. The van der Waals surface area contributed by atoms with E-state index in [0.717, 1.165) is 12.1 Å². The highest BCUT2D eigenvalue weighted by Gasteiger charge is 2.13. The van der Waals surface area contributed by atoms with Crippen LogP contribution in [0.25, 0.3) is 0 Å². The molecule has 0 unspecified atom stereocenters. The second-order valence-corrected chi connectivity index (χ2v) is 6.10. The van der Waals surface area contributed by atoms with E-state index in [1.54, 1.807) is 6.92 Å². The maximum absolute atomic E-state index is 13.2. The number of benzene rings is 1. The highest BCUT2D eigenvalue weighted by atomic mass is 35.7. The molecule has 0 bridgehead atoms. The van der Waals surface area contributed by atoms with Gasteiger partial charge in [-0.25, -0.2) is 17.2 Å². The summed E-state index contributed by atoms with van der Waals surface area (Å²) in [6, 6.07) is 2.30. The molecule has 0 amide bonds. The zero-order chi connectivity index (χ0) is 11.6. The van der Waals surface area contributed by atoms with Crippen LogP contribution in [0.4, 0.5) is 8.78 Å². The van der Waals surface area contributed by atoms with Crippen molar-refractivity contribution in [2.24, 2.45) is 0 Å². The third-order valence-corrected chi connectivity index (χ3v) is 3.04. The van der Waals surface area contributed by atoms with E-state index < -0.39 is 26.4 Å². The maximum Gasteiger partial charge on any atom is 0.232 e. The molecular formula is C9H9ClF2O2S. The van der Waals surface area contributed by atoms with Crippen molar-refractivity contribution in [2.45, 2.75) is 13.3 Å². The van der Waals surface area contributed by atoms with Gasteiger partial charge >= 0.3 is 0 Å². The first-order valence-electron chi connectivity index (χ1n) is 4.16. The SMILES string of the molecule is Cc1cc(F)c(CCS(=O)(=O)Cl)c(F)c1. The van der Waals surface area contributed by atoms with Gasteiger partial charge in [-0.1, -0.05) is 0 Å². The Labute approximate surface area is 91.3 Å². The van der Waals surface area contributed by atoms with Crippen LogP contribution in [0.15, 0.2) is 12.1 Å². The van der Waals surface area contributed by atoms with Gasteiger partial charge in [0.05, 0.1) is 5.75 Å². The Morgan fingerprint density at radius 1 is 1.27 bits per heavy atom. The van der Waals surface area contributed by atoms with Crippen molar-refractivity contribution in [3.8, 4) is 0 Å². The smallest absolute Gasteiger partial charge is 0.212 e. The Morgan fingerprint density at radius 3 is 2.13 bits per heavy atom. The molecule has 84 valence electrons. The molecular weight excluding hydrogens is 246 g/mol. The van der Waals surface area contributed by atoms with Gasteiger partial charge in [-0.2, -0.15) is 0 Å². The Balaban J connectivity index is 2.96. The molecule has 1 aromatic carbocycles. The van der Waals surface area contributed by atoms with E-state index in [1.807, 2.05) is 0 Å². The molecule has 6 heteroatoms. The average Bonchev–Trinajstić information content (AvgIpc) is 1.99. The van der Waals surface area contributed by atoms with Gasteiger partial charge in [-0.3, -0.25) is 0 Å². The van der Waals surface area contributed by atoms with Crippen molar-refractivity contribution < 1.29 is 17.2 Å². The fourth-order valence-electron chi connectivity index (χ4n) is 1.19. The Hall–Kier alpha value is -0.680. The van der Waals surface area contributed by atoms with Crippen LogP contribution in [0, 0.1) is 18.6 Å². The van der Waals surface area contributed by atoms with Crippen LogP contribution in [0.1, 0.15) is 11.1 Å². The molecule has 1 aromatic rings. The number of aryl methyl sites for hydroxylation is 1. The first-order valence-corrected chi connectivity index (χ1v) is 6.64. The minimum Gasteiger partial charge on any atom is -0.212 e. The number of halogens is 3. The van der Waals surface area contributed by atoms with Gasteiger partial charge in [-0.05, 0) is 31.0 Å². The fraction of sp³-hybridized carbons (Fsp3) is 0.333. The van der Waals surface area contributed by atoms with Gasteiger partial charge < -0.3 is 0 Å². The molecule has 0 radical (unpaired) electrons. The summed E-state index contributed by atoms with van der Waals surface area (Å²) in [4.78, 5) is 0. The summed E-state index contributed by atoms with van der Waals surface area (Å²) in [5.74, 6) is -1.97. The lowest BCUT2D eigenvalue weighted by Crippen LogP contribution is -2.05. The summed E-state index contributed by atoms with van der Waals surface area (Å²) in [7, 11) is 1.22. The third-order valence-electron chi connectivity index (χ3n) is 1.88. The molecule has 0 aliphatic rings. The summed E-state index contributed by atoms with van der Waals surface area (Å²) in [6.45, 7) is 1.55. The molecule has 0 atom stereocenters. The van der Waals surface area contributed by atoms with Gasteiger partial charge in [0.2, 0.25) is 9.05 Å². The van der Waals surface area contributed by atoms with Crippen molar-refractivity contribution >= 4 is 19.7 Å². The maximum atomic E-state index is 13.2. The third kappa shape index (κ3) is 3.76. The molecule has 0 aliphatic carbocycles. The monoisotopic (exact) mass is 254 g/mol. The second-order valence-electron chi connectivity index (χ2n) is 3.20. The van der Waals surface area contributed by atoms with E-state index in [4.69, 9.17) is 10.7 Å². The Bertz CT molecular complexity index is 448. The van der Waals surface area contributed by atoms with Crippen LogP contribution >= 0.6 is 10.7 Å². The van der Waals surface area contributed by atoms with E-state index in [1.165, 1.54) is 0 Å². The van der Waals surface area contributed by atoms with Crippen molar-refractivity contribution in [1.29, 1.82) is 0 Å². The number of hydrogen-bond donors (Lipinski definition) is 0. The summed E-state index contributed by atoms with van der Waals surface area (Å²) in [6.07, 6.45) is -0.260. The molecule has 0 heterocycles. The average molecular weight is 255 g/mol. The molecule has 2 nitrogen and oxygen atoms in total. The first-order chi connectivity index (χ1) is 6.79. The predicted octanol–water partition coefficient (Wildman–Crippen LogP) is 2.38. The number of hydrogen-bond acceptors (Lipinski definition) is 2. The topological polar surface area (TPSA) is 34.1 Å². The van der Waals surface area contributed by atoms with Crippen molar-refractivity contribution in [3.05, 3.63) is 34.9 Å². The standard InChI is InChI=1S/C9H9ClF2O2S/c1-6-4-8(11)7(9(12)5-6)2-3-15(10,13)14/h4-5H,2-3H2,1H3. The van der Waals surface area contributed by atoms with E-state index in [2.05, 4.69) is 0 Å². The lowest BCUT2D eigenvalue weighted by Gasteiger charge is -2.04. The molecule has 1 rings (SSSR count). The van der Waals surface area contributed by atoms with Crippen LogP contribution in [-0.4, -0.2) is 14.2 Å². The zero-order valence-electron chi connectivity index (χ0n) is 7.93. The van der Waals surface area contributed by atoms with Gasteiger partial charge in [-0.15, -0.1) is 0 Å². The van der Waals surface area contributed by atoms with Crippen LogP contribution in [0.5, 0.6) is 0 Å². The van der Waals surface area contributed by atoms with Crippen molar-refractivity contribution in [3.63, 3.8) is 0 Å². The molecule has 0 saturated heterocycles. The zero-order valence-corrected chi connectivity index (χ0v) is 9.50. The van der Waals surface area contributed by atoms with E-state index in [9.17, 15) is 17.2 Å². The lowest BCUT2D eigenvalue weighted by atomic mass is 10.1. The van der Waals surface area contributed by atoms with Crippen LogP contribution in [0.3, 0.4) is 0 Å². The molecule has 0 spiro atoms. The van der Waals surface area contributed by atoms with Gasteiger partial charge in [0, 0.05) is 16.2 Å². The van der Waals surface area contributed by atoms with Crippen LogP contribution in [-0.2, 0) is 15.5 Å². The predicted molar refractivity (Wildman–Crippen MR) is 54.4 cm³/mol. The molecule has 0 aliphatic heterocycles. The fourth-order valence-corrected chi connectivity index (χ4v) is 1.87. The Kier molecular flexibility index (Phi) is 3.67. The first kappa shape index (κ1) is 12.4. The molecule has 0 fully saturated rings. The van der Waals surface area contributed by atoms with Gasteiger partial charge in [0.15, 0.2) is 0 Å². The van der Waals surface area contributed by atoms with Gasteiger partial charge in [0.1, 0.15) is 11.6 Å². The van der Waals surface area contributed by atoms with Crippen molar-refractivity contribution in [2.75, 3.05) is 5.75 Å². The summed E-state index contributed by atoms with van der Waals surface area (Å²) in [5.41, 5.74) is 0.201. The van der Waals surface area contributed by atoms with E-state index >= 15 is 0 Å². The Morgan fingerprint density at radius 2 is 1.73 bits per heavy atom. The largest absolute Gasteiger partial charge is 0.232 e. The highest BCUT2D eigenvalue weighted by Crippen LogP contribution is 2.16. The minimum absolute atomic E-state index is 0.246. The van der Waals surface area contributed by atoms with Crippen molar-refractivity contribution in [1.82, 2.24) is 0 Å². The molecule has 0 aromatic heterocycles. The van der Waals surface area contributed by atoms with Crippen LogP contribution < -0.4 is 0 Å². The van der Waals surface area contributed by atoms with Crippen LogP contribution in [0.2, 0.25) is 0 Å². The summed E-state index contributed by atoms with van der Waals surface area (Å²) in [5, 5.41) is 0. The highest BCUT2D eigenvalue weighted by molar-refractivity contribution is 8.13. The summed E-state index contributed by atoms with van der Waals surface area (Å²) >= 11 is 0. The van der Waals surface area contributed by atoms with Gasteiger partial charge in [0.25, 0.3) is 0 Å². The quantitative estimate of drug-likeness (QED) is 0.776. The molecule has 0 N–H and O–H groups in total.